The van der Waals surface area contributed by atoms with Crippen LogP contribution < -0.4 is 5.32 Å². The quantitative estimate of drug-likeness (QED) is 0.509. The molecule has 0 bridgehead atoms. The van der Waals surface area contributed by atoms with Crippen LogP contribution in [0.15, 0.2) is 30.9 Å². The third kappa shape index (κ3) is 3.67. The van der Waals surface area contributed by atoms with Crippen molar-refractivity contribution in [2.45, 2.75) is 6.92 Å². The summed E-state index contributed by atoms with van der Waals surface area (Å²) < 4.78 is 0. The van der Waals surface area contributed by atoms with Crippen molar-refractivity contribution >= 4 is 23.3 Å². The Morgan fingerprint density at radius 1 is 1.58 bits per heavy atom. The molecule has 0 heterocycles. The van der Waals surface area contributed by atoms with Crippen molar-refractivity contribution in [3.8, 4) is 6.07 Å². The monoisotopic (exact) mass is 276 g/mol. The van der Waals surface area contributed by atoms with Crippen LogP contribution in [-0.4, -0.2) is 18.2 Å². The number of nitrogens with zero attached hydrogens (tertiary/aromatic N) is 1. The average molecular weight is 277 g/mol. The molecule has 0 radical (unpaired) electrons. The minimum atomic E-state index is -1.38. The van der Waals surface area contributed by atoms with Crippen LogP contribution in [0.3, 0.4) is 0 Å². The molecule has 0 spiro atoms. The summed E-state index contributed by atoms with van der Waals surface area (Å²) >= 11 is 5.92. The second-order valence-electron chi connectivity index (χ2n) is 3.92. The summed E-state index contributed by atoms with van der Waals surface area (Å²) in [7, 11) is 0. The molecule has 98 valence electrons. The lowest BCUT2D eigenvalue weighted by Gasteiger charge is -2.09. The molecule has 1 N–H and O–H groups in total. The molecule has 1 aromatic rings. The Morgan fingerprint density at radius 2 is 2.26 bits per heavy atom. The van der Waals surface area contributed by atoms with Gasteiger partial charge in [-0.15, -0.1) is 6.58 Å². The largest absolute Gasteiger partial charge is 0.351 e. The average Bonchev–Trinajstić information content (AvgIpc) is 2.40. The lowest BCUT2D eigenvalue weighted by molar-refractivity contribution is -0.121. The van der Waals surface area contributed by atoms with E-state index in [0.29, 0.717) is 5.02 Å². The van der Waals surface area contributed by atoms with Crippen LogP contribution in [0.5, 0.6) is 0 Å². The molecule has 1 rings (SSSR count). The number of rotatable bonds is 5. The molecule has 0 fully saturated rings. The van der Waals surface area contributed by atoms with E-state index in [-0.39, 0.29) is 12.1 Å². The van der Waals surface area contributed by atoms with Crippen LogP contribution >= 0.6 is 11.6 Å². The van der Waals surface area contributed by atoms with Gasteiger partial charge < -0.3 is 5.32 Å². The molecule has 0 aliphatic carbocycles. The highest BCUT2D eigenvalue weighted by Crippen LogP contribution is 2.19. The number of halogens is 1. The number of benzene rings is 1. The summed E-state index contributed by atoms with van der Waals surface area (Å²) in [4.78, 5) is 23.7. The normalized spacial score (nSPS) is 11.2. The van der Waals surface area contributed by atoms with Crippen LogP contribution in [0.1, 0.15) is 15.9 Å². The fraction of sp³-hybridized carbons (Fsp3) is 0.214. The zero-order chi connectivity index (χ0) is 14.4. The van der Waals surface area contributed by atoms with E-state index in [1.807, 2.05) is 0 Å². The molecule has 0 saturated carbocycles. The van der Waals surface area contributed by atoms with E-state index in [2.05, 4.69) is 11.9 Å². The number of Topliss-reactive ketones (excluding diaryl/α,β-unsaturated/α-hetero) is 1. The van der Waals surface area contributed by atoms with Crippen molar-refractivity contribution < 1.29 is 9.59 Å². The number of amides is 1. The zero-order valence-corrected chi connectivity index (χ0v) is 11.2. The maximum atomic E-state index is 12.1. The fourth-order valence-corrected chi connectivity index (χ4v) is 1.60. The van der Waals surface area contributed by atoms with Gasteiger partial charge in [-0.05, 0) is 18.6 Å². The van der Waals surface area contributed by atoms with Gasteiger partial charge in [0.25, 0.3) is 0 Å². The Morgan fingerprint density at radius 3 is 2.79 bits per heavy atom. The van der Waals surface area contributed by atoms with E-state index >= 15 is 0 Å². The molecule has 1 atom stereocenters. The highest BCUT2D eigenvalue weighted by atomic mass is 35.5. The number of carbonyl (C=O) groups is 2. The molecule has 4 nitrogen and oxygen atoms in total. The number of aryl methyl sites for hydroxylation is 1. The van der Waals surface area contributed by atoms with Gasteiger partial charge >= 0.3 is 0 Å². The summed E-state index contributed by atoms with van der Waals surface area (Å²) in [5.41, 5.74) is 1.07. The maximum absolute atomic E-state index is 12.1. The van der Waals surface area contributed by atoms with Crippen LogP contribution in [0.2, 0.25) is 5.02 Å². The maximum Gasteiger partial charge on any atom is 0.245 e. The molecule has 1 unspecified atom stereocenters. The Labute approximate surface area is 116 Å². The van der Waals surface area contributed by atoms with Crippen LogP contribution in [0.4, 0.5) is 0 Å². The van der Waals surface area contributed by atoms with Gasteiger partial charge in [0.05, 0.1) is 6.07 Å². The second-order valence-corrected chi connectivity index (χ2v) is 4.33. The number of nitrogens with one attached hydrogen (secondary N) is 1. The predicted octanol–water partition coefficient (Wildman–Crippen LogP) is 2.27. The molecule has 0 aliphatic heterocycles. The van der Waals surface area contributed by atoms with E-state index in [9.17, 15) is 9.59 Å². The lowest BCUT2D eigenvalue weighted by Crippen LogP contribution is -2.34. The first-order valence-electron chi connectivity index (χ1n) is 5.59. The Kier molecular flexibility index (Phi) is 5.28. The number of hydrogen-bond donors (Lipinski definition) is 1. The molecule has 0 aliphatic rings. The molecule has 19 heavy (non-hydrogen) atoms. The summed E-state index contributed by atoms with van der Waals surface area (Å²) in [5.74, 6) is -2.58. The number of ketones is 1. The first-order chi connectivity index (χ1) is 9.01. The van der Waals surface area contributed by atoms with Gasteiger partial charge in [0.1, 0.15) is 0 Å². The third-order valence-electron chi connectivity index (χ3n) is 2.53. The highest BCUT2D eigenvalue weighted by molar-refractivity contribution is 6.31. The SMILES string of the molecule is C=CCNC(=O)C(C#N)C(=O)c1ccc(C)c(Cl)c1. The molecule has 1 amide bonds. The number of carbonyl (C=O) groups excluding carboxylic acids is 2. The minimum Gasteiger partial charge on any atom is -0.351 e. The van der Waals surface area contributed by atoms with Crippen molar-refractivity contribution in [2.75, 3.05) is 6.54 Å². The first kappa shape index (κ1) is 14.9. The van der Waals surface area contributed by atoms with Crippen molar-refractivity contribution in [3.05, 3.63) is 47.0 Å². The molecular weight excluding hydrogens is 264 g/mol. The van der Waals surface area contributed by atoms with Gasteiger partial charge in [0, 0.05) is 17.1 Å². The predicted molar refractivity (Wildman–Crippen MR) is 72.8 cm³/mol. The van der Waals surface area contributed by atoms with Gasteiger partial charge in [-0.1, -0.05) is 29.8 Å². The van der Waals surface area contributed by atoms with E-state index in [1.54, 1.807) is 25.1 Å². The van der Waals surface area contributed by atoms with Crippen molar-refractivity contribution in [1.29, 1.82) is 5.26 Å². The molecule has 1 aromatic carbocycles. The Bertz CT molecular complexity index is 561. The summed E-state index contributed by atoms with van der Waals surface area (Å²) in [6, 6.07) is 6.39. The van der Waals surface area contributed by atoms with Crippen molar-refractivity contribution in [3.63, 3.8) is 0 Å². The van der Waals surface area contributed by atoms with Crippen LogP contribution in [-0.2, 0) is 4.79 Å². The molecule has 5 heteroatoms. The summed E-state index contributed by atoms with van der Waals surface area (Å²) in [5, 5.41) is 11.8. The molecular formula is C14H13ClN2O2. The van der Waals surface area contributed by atoms with Gasteiger partial charge in [-0.25, -0.2) is 0 Å². The standard InChI is InChI=1S/C14H13ClN2O2/c1-3-6-17-14(19)11(8-16)13(18)10-5-4-9(2)12(15)7-10/h3-5,7,11H,1,6H2,2H3,(H,17,19). The second kappa shape index (κ2) is 6.72. The van der Waals surface area contributed by atoms with Crippen LogP contribution in [0, 0.1) is 24.2 Å². The van der Waals surface area contributed by atoms with Gasteiger partial charge in [-0.3, -0.25) is 9.59 Å². The summed E-state index contributed by atoms with van der Waals surface area (Å²) in [6.07, 6.45) is 1.47. The molecule has 0 saturated heterocycles. The van der Waals surface area contributed by atoms with Crippen molar-refractivity contribution in [2.24, 2.45) is 5.92 Å². The fourth-order valence-electron chi connectivity index (χ4n) is 1.42. The minimum absolute atomic E-state index is 0.207. The summed E-state index contributed by atoms with van der Waals surface area (Å²) in [6.45, 7) is 5.45. The third-order valence-corrected chi connectivity index (χ3v) is 2.94. The molecule has 0 aromatic heterocycles. The number of hydrogen-bond acceptors (Lipinski definition) is 3. The zero-order valence-electron chi connectivity index (χ0n) is 10.4. The van der Waals surface area contributed by atoms with Crippen LogP contribution in [0.25, 0.3) is 0 Å². The van der Waals surface area contributed by atoms with Gasteiger partial charge in [0.2, 0.25) is 5.91 Å². The van der Waals surface area contributed by atoms with E-state index in [0.717, 1.165) is 5.56 Å². The van der Waals surface area contributed by atoms with E-state index in [1.165, 1.54) is 12.1 Å². The van der Waals surface area contributed by atoms with E-state index in [4.69, 9.17) is 16.9 Å². The lowest BCUT2D eigenvalue weighted by atomic mass is 9.97. The first-order valence-corrected chi connectivity index (χ1v) is 5.97. The van der Waals surface area contributed by atoms with Gasteiger partial charge in [-0.2, -0.15) is 5.26 Å². The van der Waals surface area contributed by atoms with Crippen molar-refractivity contribution in [1.82, 2.24) is 5.32 Å². The van der Waals surface area contributed by atoms with E-state index < -0.39 is 17.6 Å². The highest BCUT2D eigenvalue weighted by Gasteiger charge is 2.27. The Hall–Kier alpha value is -2.12. The topological polar surface area (TPSA) is 70.0 Å². The Balaban J connectivity index is 2.96. The number of nitriles is 1. The smallest absolute Gasteiger partial charge is 0.245 e. The van der Waals surface area contributed by atoms with Gasteiger partial charge in [0.15, 0.2) is 11.7 Å².